The monoisotopic (exact) mass is 826 g/mol. The third-order valence-electron chi connectivity index (χ3n) is 7.74. The van der Waals surface area contributed by atoms with Gasteiger partial charge in [-0.15, -0.1) is 0 Å². The molecule has 2 saturated heterocycles. The van der Waals surface area contributed by atoms with E-state index in [9.17, 15) is 43.2 Å². The molecular weight excluding hydrogens is 784 g/mol. The van der Waals surface area contributed by atoms with Gasteiger partial charge >= 0.3 is 53.7 Å². The van der Waals surface area contributed by atoms with Crippen LogP contribution in [-0.4, -0.2) is 136 Å². The van der Waals surface area contributed by atoms with E-state index >= 15 is 0 Å². The van der Waals surface area contributed by atoms with Crippen molar-refractivity contribution < 1.29 is 105 Å². The number of methoxy groups -OCH3 is 3. The molecule has 318 valence electrons. The molecule has 3 rings (SSSR count). The summed E-state index contributed by atoms with van der Waals surface area (Å²) in [5.41, 5.74) is 0.202. The molecule has 0 N–H and O–H groups in total. The summed E-state index contributed by atoms with van der Waals surface area (Å²) in [6.45, 7) is 5.92. The molecule has 0 aromatic heterocycles. The lowest BCUT2D eigenvalue weighted by Crippen LogP contribution is -2.64. The van der Waals surface area contributed by atoms with Crippen LogP contribution in [0.4, 0.5) is 0 Å². The van der Waals surface area contributed by atoms with Gasteiger partial charge in [-0.25, -0.2) is 14.4 Å². The van der Waals surface area contributed by atoms with E-state index in [-0.39, 0.29) is 11.3 Å². The van der Waals surface area contributed by atoms with Gasteiger partial charge in [0, 0.05) is 47.6 Å². The molecule has 1 aromatic rings. The van der Waals surface area contributed by atoms with Gasteiger partial charge in [0.1, 0.15) is 0 Å². The average Bonchev–Trinajstić information content (AvgIpc) is 3.13. The van der Waals surface area contributed by atoms with Gasteiger partial charge in [-0.3, -0.25) is 28.8 Å². The maximum Gasteiger partial charge on any atom is 0.339 e. The van der Waals surface area contributed by atoms with Gasteiger partial charge in [-0.2, -0.15) is 0 Å². The molecule has 0 radical (unpaired) electrons. The van der Waals surface area contributed by atoms with Crippen LogP contribution in [0.15, 0.2) is 24.3 Å². The van der Waals surface area contributed by atoms with Gasteiger partial charge in [-0.1, -0.05) is 6.07 Å². The molecule has 2 fully saturated rings. The average molecular weight is 827 g/mol. The topological polar surface area (TPSA) is 274 Å². The number of hydrogen-bond acceptors (Lipinski definition) is 22. The van der Waals surface area contributed by atoms with Crippen molar-refractivity contribution in [3.63, 3.8) is 0 Å². The van der Waals surface area contributed by atoms with E-state index in [4.69, 9.17) is 56.8 Å². The second-order valence-corrected chi connectivity index (χ2v) is 12.1. The van der Waals surface area contributed by atoms with Crippen LogP contribution in [0.3, 0.4) is 0 Å². The van der Waals surface area contributed by atoms with E-state index < -0.39 is 121 Å². The summed E-state index contributed by atoms with van der Waals surface area (Å²) >= 11 is 0. The smallest absolute Gasteiger partial charge is 0.339 e. The fourth-order valence-electron chi connectivity index (χ4n) is 5.65. The van der Waals surface area contributed by atoms with Crippen LogP contribution in [0.25, 0.3) is 6.08 Å². The van der Waals surface area contributed by atoms with Crippen molar-refractivity contribution in [3.05, 3.63) is 29.8 Å². The minimum absolute atomic E-state index is 0.202. The van der Waals surface area contributed by atoms with E-state index in [1.165, 1.54) is 24.3 Å². The third kappa shape index (κ3) is 12.4. The number of benzene rings is 1. The van der Waals surface area contributed by atoms with Gasteiger partial charge < -0.3 is 61.6 Å². The van der Waals surface area contributed by atoms with Crippen molar-refractivity contribution >= 4 is 59.8 Å². The summed E-state index contributed by atoms with van der Waals surface area (Å²) in [6, 6.07) is 3.82. The summed E-state index contributed by atoms with van der Waals surface area (Å²) < 4.78 is 70.5. The Morgan fingerprint density at radius 2 is 0.845 bits per heavy atom. The standard InChI is InChI=1S/C36H42O22/c1-15(37)49-25-27(51-17(3)39)31(53-19(5)41)35(57-29(25)33(44)47-8)55-22-12-10-21(11-13-24(43)46-7)14-23(22)56-36-32(54-20(6)42)28(52-18(4)40)26(50-16(2)38)30(58-36)34(45)48-9/h10-14,25-32,35-36H,1-9H3/b13-11+/t25-,26-,27-,28-,29-,30-,31+,32+,35+,36+/m0/s1. The van der Waals surface area contributed by atoms with E-state index in [2.05, 4.69) is 4.74 Å². The molecule has 58 heavy (non-hydrogen) atoms. The van der Waals surface area contributed by atoms with Gasteiger partial charge in [0.15, 0.2) is 48.1 Å². The Balaban J connectivity index is 2.27. The Kier molecular flexibility index (Phi) is 16.5. The zero-order valence-electron chi connectivity index (χ0n) is 32.6. The van der Waals surface area contributed by atoms with Crippen LogP contribution < -0.4 is 9.47 Å². The first kappa shape index (κ1) is 46.1. The van der Waals surface area contributed by atoms with E-state index in [1.807, 2.05) is 0 Å². The molecule has 22 heteroatoms. The number of rotatable bonds is 14. The molecule has 0 spiro atoms. The lowest BCUT2D eigenvalue weighted by Gasteiger charge is -2.44. The summed E-state index contributed by atoms with van der Waals surface area (Å²) in [6.07, 6.45) is -15.9. The SMILES string of the molecule is COC(=O)/C=C/c1ccc(O[C@@H]2O[C@H](C(=O)OC)[C@@H](OC(C)=O)[C@H](OC(C)=O)[C@H]2OC(C)=O)c(O[C@@H]2O[C@H](C(=O)OC)[C@@H](OC(C)=O)[C@H](OC(C)=O)[C@H]2OC(C)=O)c1. The summed E-state index contributed by atoms with van der Waals surface area (Å²) in [5, 5.41) is 0. The highest BCUT2D eigenvalue weighted by molar-refractivity contribution is 5.87. The Hall–Kier alpha value is -6.29. The summed E-state index contributed by atoms with van der Waals surface area (Å²) in [4.78, 5) is 112. The van der Waals surface area contributed by atoms with Crippen LogP contribution >= 0.6 is 0 Å². The molecule has 0 amide bonds. The molecule has 1 aromatic carbocycles. The van der Waals surface area contributed by atoms with Gasteiger partial charge in [0.25, 0.3) is 0 Å². The maximum atomic E-state index is 13.0. The van der Waals surface area contributed by atoms with Crippen LogP contribution in [0.5, 0.6) is 11.5 Å². The Morgan fingerprint density at radius 3 is 1.21 bits per heavy atom. The molecule has 22 nitrogen and oxygen atoms in total. The molecule has 2 aliphatic rings. The maximum absolute atomic E-state index is 13.0. The summed E-state index contributed by atoms with van der Waals surface area (Å²) in [5.74, 6) is -9.57. The second-order valence-electron chi connectivity index (χ2n) is 12.1. The minimum Gasteiger partial charge on any atom is -0.467 e. The van der Waals surface area contributed by atoms with Crippen LogP contribution in [0, 0.1) is 0 Å². The molecular formula is C36H42O22. The van der Waals surface area contributed by atoms with E-state index in [1.54, 1.807) is 0 Å². The number of hydrogen-bond donors (Lipinski definition) is 0. The van der Waals surface area contributed by atoms with Crippen molar-refractivity contribution in [2.24, 2.45) is 0 Å². The molecule has 0 bridgehead atoms. The number of esters is 9. The van der Waals surface area contributed by atoms with Crippen molar-refractivity contribution in [1.82, 2.24) is 0 Å². The molecule has 10 atom stereocenters. The number of carbonyl (C=O) groups excluding carboxylic acids is 9. The van der Waals surface area contributed by atoms with Crippen molar-refractivity contribution in [3.8, 4) is 11.5 Å². The van der Waals surface area contributed by atoms with Crippen LogP contribution in [-0.2, 0) is 95.3 Å². The fraction of sp³-hybridized carbons (Fsp3) is 0.528. The highest BCUT2D eigenvalue weighted by atomic mass is 16.8. The predicted octanol–water partition coefficient (Wildman–Crippen LogP) is 0.0164. The van der Waals surface area contributed by atoms with Crippen molar-refractivity contribution in [2.75, 3.05) is 21.3 Å². The zero-order chi connectivity index (χ0) is 43.4. The molecule has 0 saturated carbocycles. The second kappa shape index (κ2) is 20.8. The van der Waals surface area contributed by atoms with E-state index in [0.29, 0.717) is 0 Å². The fourth-order valence-corrected chi connectivity index (χ4v) is 5.65. The Morgan fingerprint density at radius 1 is 0.483 bits per heavy atom. The first-order valence-corrected chi connectivity index (χ1v) is 17.0. The van der Waals surface area contributed by atoms with Crippen molar-refractivity contribution in [2.45, 2.75) is 103 Å². The first-order chi connectivity index (χ1) is 27.3. The normalized spacial score (nSPS) is 26.4. The highest BCUT2D eigenvalue weighted by Crippen LogP contribution is 2.38. The summed E-state index contributed by atoms with van der Waals surface area (Å²) in [7, 11) is 3.10. The lowest BCUT2D eigenvalue weighted by molar-refractivity contribution is -0.286. The zero-order valence-corrected chi connectivity index (χ0v) is 32.6. The Bertz CT molecular complexity index is 1770. The van der Waals surface area contributed by atoms with Gasteiger partial charge in [-0.05, 0) is 23.8 Å². The number of ether oxygens (including phenoxy) is 13. The quantitative estimate of drug-likeness (QED) is 0.136. The predicted molar refractivity (Wildman–Crippen MR) is 183 cm³/mol. The molecule has 2 heterocycles. The van der Waals surface area contributed by atoms with Gasteiger partial charge in [0.05, 0.1) is 21.3 Å². The molecule has 0 unspecified atom stereocenters. The number of carbonyl (C=O) groups is 9. The first-order valence-electron chi connectivity index (χ1n) is 17.0. The third-order valence-corrected chi connectivity index (χ3v) is 7.74. The van der Waals surface area contributed by atoms with Crippen LogP contribution in [0.2, 0.25) is 0 Å². The van der Waals surface area contributed by atoms with Gasteiger partial charge in [0.2, 0.25) is 24.8 Å². The van der Waals surface area contributed by atoms with E-state index in [0.717, 1.165) is 68.9 Å². The largest absolute Gasteiger partial charge is 0.467 e. The molecule has 2 aliphatic heterocycles. The highest BCUT2D eigenvalue weighted by Gasteiger charge is 2.57. The molecule has 0 aliphatic carbocycles. The lowest BCUT2D eigenvalue weighted by atomic mass is 9.97. The van der Waals surface area contributed by atoms with Crippen molar-refractivity contribution in [1.29, 1.82) is 0 Å². The van der Waals surface area contributed by atoms with Crippen LogP contribution in [0.1, 0.15) is 47.1 Å². The minimum atomic E-state index is -1.94. The Labute approximate surface area is 330 Å².